The number of aromatic nitrogens is 2. The molecular weight excluding hydrogens is 314 g/mol. The second kappa shape index (κ2) is 6.67. The first-order chi connectivity index (χ1) is 12.1. The van der Waals surface area contributed by atoms with Crippen molar-refractivity contribution >= 4 is 17.1 Å². The number of aromatic amines is 1. The number of amides is 2. The largest absolute Gasteiger partial charge is 0.340 e. The van der Waals surface area contributed by atoms with Gasteiger partial charge in [0.25, 0.3) is 0 Å². The Morgan fingerprint density at radius 3 is 2.80 bits per heavy atom. The van der Waals surface area contributed by atoms with E-state index in [1.54, 1.807) is 0 Å². The Balaban J connectivity index is 1.32. The molecule has 6 nitrogen and oxygen atoms in total. The van der Waals surface area contributed by atoms with E-state index in [1.807, 2.05) is 17.9 Å². The van der Waals surface area contributed by atoms with Gasteiger partial charge in [0.2, 0.25) is 0 Å². The number of H-pyrrole nitrogens is 1. The first kappa shape index (κ1) is 16.4. The molecule has 0 radical (unpaired) electrons. The Hall–Kier alpha value is -2.08. The van der Waals surface area contributed by atoms with Crippen molar-refractivity contribution in [1.82, 2.24) is 25.1 Å². The average Bonchev–Trinajstić information content (AvgIpc) is 2.97. The number of nitrogens with one attached hydrogen (secondary N) is 2. The molecule has 3 heterocycles. The first-order valence-electron chi connectivity index (χ1n) is 9.36. The van der Waals surface area contributed by atoms with E-state index in [1.165, 1.54) is 37.9 Å². The molecule has 1 aromatic heterocycles. The summed E-state index contributed by atoms with van der Waals surface area (Å²) in [4.78, 5) is 24.8. The van der Waals surface area contributed by atoms with Crippen LogP contribution in [0.25, 0.3) is 11.0 Å². The van der Waals surface area contributed by atoms with Gasteiger partial charge in [-0.1, -0.05) is 12.5 Å². The molecule has 0 unspecified atom stereocenters. The lowest BCUT2D eigenvalue weighted by Crippen LogP contribution is -2.63. The van der Waals surface area contributed by atoms with Crippen LogP contribution in [0.1, 0.15) is 43.6 Å². The molecule has 1 aromatic carbocycles. The predicted molar refractivity (Wildman–Crippen MR) is 98.6 cm³/mol. The summed E-state index contributed by atoms with van der Waals surface area (Å²) in [6.45, 7) is 8.11. The number of rotatable bonds is 3. The second-order valence-electron chi connectivity index (χ2n) is 7.47. The van der Waals surface area contributed by atoms with Gasteiger partial charge in [0.1, 0.15) is 5.82 Å². The minimum Gasteiger partial charge on any atom is -0.340 e. The molecule has 0 bridgehead atoms. The number of likely N-dealkylation sites (tertiary alicyclic amines) is 2. The van der Waals surface area contributed by atoms with E-state index in [-0.39, 0.29) is 12.1 Å². The SMILES string of the molecule is Cc1ccc2nc([C@@H](C)NC(=O)N3CC(N4CCCCC4)C3)[nH]c2c1. The number of fused-ring (bicyclic) bond motifs is 1. The molecule has 134 valence electrons. The maximum Gasteiger partial charge on any atom is 0.318 e. The maximum atomic E-state index is 12.5. The summed E-state index contributed by atoms with van der Waals surface area (Å²) in [6.07, 6.45) is 3.94. The molecular formula is C19H27N5O. The minimum absolute atomic E-state index is 0.0115. The number of carbonyl (C=O) groups is 1. The van der Waals surface area contributed by atoms with Crippen molar-refractivity contribution in [2.75, 3.05) is 26.2 Å². The average molecular weight is 341 g/mol. The van der Waals surface area contributed by atoms with Crippen LogP contribution < -0.4 is 5.32 Å². The number of imidazole rings is 1. The van der Waals surface area contributed by atoms with Crippen molar-refractivity contribution < 1.29 is 4.79 Å². The molecule has 4 rings (SSSR count). The molecule has 2 aromatic rings. The van der Waals surface area contributed by atoms with Gasteiger partial charge in [-0.15, -0.1) is 0 Å². The van der Waals surface area contributed by atoms with E-state index in [4.69, 9.17) is 0 Å². The molecule has 2 N–H and O–H groups in total. The van der Waals surface area contributed by atoms with Crippen molar-refractivity contribution in [3.63, 3.8) is 0 Å². The fraction of sp³-hybridized carbons (Fsp3) is 0.579. The summed E-state index contributed by atoms with van der Waals surface area (Å²) in [7, 11) is 0. The topological polar surface area (TPSA) is 64.3 Å². The monoisotopic (exact) mass is 341 g/mol. The van der Waals surface area contributed by atoms with Crippen LogP contribution in [0, 0.1) is 6.92 Å². The Labute approximate surface area is 148 Å². The van der Waals surface area contributed by atoms with Gasteiger partial charge >= 0.3 is 6.03 Å². The van der Waals surface area contributed by atoms with Crippen molar-refractivity contribution in [1.29, 1.82) is 0 Å². The van der Waals surface area contributed by atoms with Crippen LogP contribution in [0.2, 0.25) is 0 Å². The summed E-state index contributed by atoms with van der Waals surface area (Å²) in [5.74, 6) is 0.807. The van der Waals surface area contributed by atoms with E-state index in [9.17, 15) is 4.79 Å². The normalized spacial score (nSPS) is 20.5. The molecule has 1 atom stereocenters. The Kier molecular flexibility index (Phi) is 4.37. The highest BCUT2D eigenvalue weighted by molar-refractivity contribution is 5.77. The molecule has 2 aliphatic rings. The molecule has 0 aliphatic carbocycles. The Morgan fingerprint density at radius 2 is 2.04 bits per heavy atom. The van der Waals surface area contributed by atoms with Gasteiger partial charge in [0, 0.05) is 19.1 Å². The lowest BCUT2D eigenvalue weighted by molar-refractivity contribution is 0.0443. The zero-order chi connectivity index (χ0) is 17.4. The van der Waals surface area contributed by atoms with Gasteiger partial charge in [-0.25, -0.2) is 9.78 Å². The van der Waals surface area contributed by atoms with Gasteiger partial charge in [-0.3, -0.25) is 4.90 Å². The number of nitrogens with zero attached hydrogens (tertiary/aromatic N) is 3. The smallest absolute Gasteiger partial charge is 0.318 e. The van der Waals surface area contributed by atoms with E-state index in [0.29, 0.717) is 6.04 Å². The number of hydrogen-bond acceptors (Lipinski definition) is 3. The molecule has 25 heavy (non-hydrogen) atoms. The highest BCUT2D eigenvalue weighted by atomic mass is 16.2. The molecule has 2 saturated heterocycles. The maximum absolute atomic E-state index is 12.5. The highest BCUT2D eigenvalue weighted by Gasteiger charge is 2.35. The van der Waals surface area contributed by atoms with E-state index in [2.05, 4.69) is 39.2 Å². The van der Waals surface area contributed by atoms with Crippen LogP contribution in [0.3, 0.4) is 0 Å². The molecule has 2 aliphatic heterocycles. The first-order valence-corrected chi connectivity index (χ1v) is 9.36. The molecule has 2 amide bonds. The highest BCUT2D eigenvalue weighted by Crippen LogP contribution is 2.21. The van der Waals surface area contributed by atoms with Crippen LogP contribution in [-0.2, 0) is 0 Å². The number of carbonyl (C=O) groups excluding carboxylic acids is 1. The third-order valence-corrected chi connectivity index (χ3v) is 5.46. The zero-order valence-electron chi connectivity index (χ0n) is 15.1. The Morgan fingerprint density at radius 1 is 1.28 bits per heavy atom. The summed E-state index contributed by atoms with van der Waals surface area (Å²) in [5.41, 5.74) is 3.16. The fourth-order valence-corrected chi connectivity index (χ4v) is 3.83. The van der Waals surface area contributed by atoms with Crippen LogP contribution in [0.5, 0.6) is 0 Å². The lowest BCUT2D eigenvalue weighted by atomic mass is 10.0. The van der Waals surface area contributed by atoms with Crippen molar-refractivity contribution in [2.45, 2.75) is 45.2 Å². The standard InChI is InChI=1S/C19H27N5O/c1-13-6-7-16-17(10-13)22-18(21-16)14(2)20-19(25)24-11-15(12-24)23-8-4-3-5-9-23/h6-7,10,14-15H,3-5,8-9,11-12H2,1-2H3,(H,20,25)(H,21,22)/t14-/m1/s1. The Bertz CT molecular complexity index is 758. The summed E-state index contributed by atoms with van der Waals surface area (Å²) in [5, 5.41) is 3.07. The van der Waals surface area contributed by atoms with Gasteiger partial charge in [-0.2, -0.15) is 0 Å². The zero-order valence-corrected chi connectivity index (χ0v) is 15.1. The van der Waals surface area contributed by atoms with Gasteiger partial charge in [-0.05, 0) is 57.5 Å². The summed E-state index contributed by atoms with van der Waals surface area (Å²) >= 11 is 0. The van der Waals surface area contributed by atoms with Gasteiger partial charge < -0.3 is 15.2 Å². The number of piperidine rings is 1. The van der Waals surface area contributed by atoms with Crippen LogP contribution >= 0.6 is 0 Å². The van der Waals surface area contributed by atoms with Crippen molar-refractivity contribution in [3.8, 4) is 0 Å². The van der Waals surface area contributed by atoms with Crippen LogP contribution in [0.15, 0.2) is 18.2 Å². The molecule has 6 heteroatoms. The lowest BCUT2D eigenvalue weighted by Gasteiger charge is -2.46. The summed E-state index contributed by atoms with van der Waals surface area (Å²) in [6, 6.07) is 6.58. The second-order valence-corrected chi connectivity index (χ2v) is 7.47. The number of urea groups is 1. The fourth-order valence-electron chi connectivity index (χ4n) is 3.83. The van der Waals surface area contributed by atoms with Crippen LogP contribution in [0.4, 0.5) is 4.79 Å². The number of hydrogen-bond donors (Lipinski definition) is 2. The predicted octanol–water partition coefficient (Wildman–Crippen LogP) is 2.81. The molecule has 0 spiro atoms. The third kappa shape index (κ3) is 3.35. The third-order valence-electron chi connectivity index (χ3n) is 5.46. The quantitative estimate of drug-likeness (QED) is 0.902. The van der Waals surface area contributed by atoms with Crippen molar-refractivity contribution in [3.05, 3.63) is 29.6 Å². The van der Waals surface area contributed by atoms with E-state index < -0.39 is 0 Å². The number of benzene rings is 1. The minimum atomic E-state index is -0.130. The number of aryl methyl sites for hydroxylation is 1. The van der Waals surface area contributed by atoms with Gasteiger partial charge in [0.05, 0.1) is 17.1 Å². The molecule has 2 fully saturated rings. The van der Waals surface area contributed by atoms with E-state index in [0.717, 1.165) is 29.9 Å². The van der Waals surface area contributed by atoms with E-state index >= 15 is 0 Å². The summed E-state index contributed by atoms with van der Waals surface area (Å²) < 4.78 is 0. The van der Waals surface area contributed by atoms with Gasteiger partial charge in [0.15, 0.2) is 0 Å². The van der Waals surface area contributed by atoms with Crippen molar-refractivity contribution in [2.24, 2.45) is 0 Å². The molecule has 0 saturated carbocycles. The van der Waals surface area contributed by atoms with Crippen LogP contribution in [-0.4, -0.2) is 58.0 Å².